The number of nitrogens with one attached hydrogen (secondary N) is 2. The third-order valence-electron chi connectivity index (χ3n) is 8.89. The Morgan fingerprint density at radius 2 is 1.06 bits per heavy atom. The van der Waals surface area contributed by atoms with Crippen molar-refractivity contribution in [3.63, 3.8) is 0 Å². The number of hydrogen-bond donors (Lipinski definition) is 10. The van der Waals surface area contributed by atoms with Gasteiger partial charge in [0, 0.05) is 11.1 Å². The molecule has 0 aromatic heterocycles. The molecular weight excluding hydrogens is 1030 g/mol. The number of benzene rings is 4. The van der Waals surface area contributed by atoms with Gasteiger partial charge in [0.2, 0.25) is 6.40 Å². The van der Waals surface area contributed by atoms with Gasteiger partial charge < -0.3 is 31.6 Å². The van der Waals surface area contributed by atoms with E-state index in [1.807, 2.05) is 0 Å². The van der Waals surface area contributed by atoms with Gasteiger partial charge in [0.25, 0.3) is 10.1 Å². The molecule has 0 heterocycles. The highest BCUT2D eigenvalue weighted by Gasteiger charge is 2.29. The predicted octanol–water partition coefficient (Wildman–Crippen LogP) is 3.78. The number of aromatic carboxylic acids is 1. The van der Waals surface area contributed by atoms with Crippen LogP contribution >= 0.6 is 0 Å². The van der Waals surface area contributed by atoms with Crippen LogP contribution in [0.4, 0.5) is 51.2 Å². The maximum Gasteiger partial charge on any atom is 0.397 e. The molecule has 0 bridgehead atoms. The summed E-state index contributed by atoms with van der Waals surface area (Å²) >= 11 is 0. The molecule has 35 heteroatoms. The van der Waals surface area contributed by atoms with E-state index < -0.39 is 149 Å². The van der Waals surface area contributed by atoms with Gasteiger partial charge in [-0.25, -0.2) is 35.5 Å². The number of rotatable bonds is 23. The van der Waals surface area contributed by atoms with Crippen LogP contribution in [0.25, 0.3) is 0 Å². The second-order valence-corrected chi connectivity index (χ2v) is 21.3. The zero-order valence-corrected chi connectivity index (χ0v) is 39.2. The standard InChI is InChI=1S/C34H38N10O20S5/c1-17-9-22(19(14-45)11-26(17)65(49,50)7-5-63-68(56,57)58)38-41-31-28(34(47)48)32(42-40-24-13-21(44-62-16-35)3-4-25(24)67(53,54)55)30(37)33(29(31)36)43-39-23-10-18(2)27(12-20(23)15-46)66(51,52)8-6-64-69(59,60)61/h3-4,9-13,16,35,44-46H,5-8,14-15,36-37H2,1-2H3,(H,47,48)(H,53,54,55)(H,56,57,58)(H,59,60,61). The summed E-state index contributed by atoms with van der Waals surface area (Å²) in [6.45, 7) is -1.26. The van der Waals surface area contributed by atoms with Crippen LogP contribution in [-0.2, 0) is 77.0 Å². The molecular formula is C34H38N10O20S5. The summed E-state index contributed by atoms with van der Waals surface area (Å²) < 4.78 is 156. The van der Waals surface area contributed by atoms with Crippen LogP contribution in [0.2, 0.25) is 0 Å². The first kappa shape index (κ1) is 55.1. The summed E-state index contributed by atoms with van der Waals surface area (Å²) in [6, 6.07) is 6.91. The summed E-state index contributed by atoms with van der Waals surface area (Å²) in [5.74, 6) is -3.80. The molecule has 0 fully saturated rings. The van der Waals surface area contributed by atoms with E-state index >= 15 is 0 Å². The number of aliphatic hydroxyl groups excluding tert-OH is 2. The number of aryl methyl sites for hydroxylation is 2. The summed E-state index contributed by atoms with van der Waals surface area (Å²) in [5, 5.41) is 61.6. The zero-order chi connectivity index (χ0) is 51.9. The monoisotopic (exact) mass is 1070 g/mol. The van der Waals surface area contributed by atoms with Crippen LogP contribution in [0.1, 0.15) is 32.6 Å². The van der Waals surface area contributed by atoms with Gasteiger partial charge in [-0.3, -0.25) is 19.1 Å². The Kier molecular flexibility index (Phi) is 17.4. The Morgan fingerprint density at radius 1 is 0.638 bits per heavy atom. The Morgan fingerprint density at radius 3 is 1.43 bits per heavy atom. The normalized spacial score (nSPS) is 12.9. The van der Waals surface area contributed by atoms with Gasteiger partial charge in [0.15, 0.2) is 19.7 Å². The van der Waals surface area contributed by atoms with Crippen LogP contribution in [0.5, 0.6) is 0 Å². The van der Waals surface area contributed by atoms with E-state index in [-0.39, 0.29) is 39.3 Å². The number of anilines is 3. The highest BCUT2D eigenvalue weighted by molar-refractivity contribution is 7.91. The van der Waals surface area contributed by atoms with Gasteiger partial charge in [-0.05, 0) is 67.4 Å². The molecule has 374 valence electrons. The maximum atomic E-state index is 13.1. The number of sulfone groups is 2. The van der Waals surface area contributed by atoms with E-state index in [0.717, 1.165) is 42.5 Å². The van der Waals surface area contributed by atoms with Crippen LogP contribution in [-0.4, -0.2) is 108 Å². The minimum Gasteiger partial charge on any atom is -0.478 e. The van der Waals surface area contributed by atoms with Gasteiger partial charge in [0.05, 0.1) is 76.2 Å². The van der Waals surface area contributed by atoms with Crippen molar-refractivity contribution >= 4 is 114 Å². The molecule has 4 aromatic rings. The lowest BCUT2D eigenvalue weighted by molar-refractivity contribution is 0.0698. The molecule has 12 N–H and O–H groups in total. The molecule has 4 aromatic carbocycles. The van der Waals surface area contributed by atoms with Gasteiger partial charge in [-0.1, -0.05) is 0 Å². The van der Waals surface area contributed by atoms with E-state index in [4.69, 9.17) is 26.0 Å². The third kappa shape index (κ3) is 14.3. The van der Waals surface area contributed by atoms with Crippen molar-refractivity contribution < 1.29 is 89.1 Å². The van der Waals surface area contributed by atoms with Gasteiger partial charge >= 0.3 is 26.8 Å². The van der Waals surface area contributed by atoms with Gasteiger partial charge in [-0.15, -0.1) is 20.5 Å². The van der Waals surface area contributed by atoms with Crippen molar-refractivity contribution in [3.05, 3.63) is 70.3 Å². The molecule has 4 rings (SSSR count). The summed E-state index contributed by atoms with van der Waals surface area (Å²) in [5.41, 5.74) is 8.24. The Hall–Kier alpha value is -6.51. The van der Waals surface area contributed by atoms with E-state index in [9.17, 15) is 66.8 Å². The Bertz CT molecular complexity index is 3370. The number of nitrogens with two attached hydrogens (primary N) is 2. The van der Waals surface area contributed by atoms with Crippen molar-refractivity contribution in [3.8, 4) is 0 Å². The second kappa shape index (κ2) is 21.8. The molecule has 69 heavy (non-hydrogen) atoms. The number of nitrogens with zero attached hydrogens (tertiary/aromatic N) is 6. The molecule has 30 nitrogen and oxygen atoms in total. The van der Waals surface area contributed by atoms with E-state index in [1.54, 1.807) is 0 Å². The highest BCUT2D eigenvalue weighted by Crippen LogP contribution is 2.50. The zero-order valence-electron chi connectivity index (χ0n) is 35.1. The largest absolute Gasteiger partial charge is 0.478 e. The molecule has 0 atom stereocenters. The number of hydrogen-bond acceptors (Lipinski definition) is 26. The van der Waals surface area contributed by atoms with E-state index in [1.165, 1.54) is 13.8 Å². The molecule has 0 radical (unpaired) electrons. The van der Waals surface area contributed by atoms with E-state index in [2.05, 4.69) is 49.4 Å². The van der Waals surface area contributed by atoms with Crippen molar-refractivity contribution in [2.75, 3.05) is 41.7 Å². The lowest BCUT2D eigenvalue weighted by atomic mass is 10.1. The summed E-state index contributed by atoms with van der Waals surface area (Å²) in [6.07, 6.45) is 0.458. The number of carbonyl (C=O) groups is 1. The smallest absolute Gasteiger partial charge is 0.397 e. The first-order valence-corrected chi connectivity index (χ1v) is 25.9. The van der Waals surface area contributed by atoms with Gasteiger partial charge in [0.1, 0.15) is 33.2 Å². The van der Waals surface area contributed by atoms with Crippen molar-refractivity contribution in [2.24, 2.45) is 30.7 Å². The van der Waals surface area contributed by atoms with Crippen molar-refractivity contribution in [2.45, 2.75) is 41.7 Å². The average Bonchev–Trinajstić information content (AvgIpc) is 3.23. The van der Waals surface area contributed by atoms with Crippen LogP contribution in [0.15, 0.2) is 87.8 Å². The van der Waals surface area contributed by atoms with Crippen LogP contribution in [0, 0.1) is 19.3 Å². The second-order valence-electron chi connectivity index (χ2n) is 13.6. The Balaban J connectivity index is 2.01. The van der Waals surface area contributed by atoms with E-state index in [0.29, 0.717) is 6.40 Å². The fraction of sp³-hybridized carbons (Fsp3) is 0.235. The minimum atomic E-state index is -5.08. The molecule has 0 spiro atoms. The van der Waals surface area contributed by atoms with Crippen LogP contribution < -0.4 is 16.9 Å². The molecule has 0 saturated heterocycles. The molecule has 0 amide bonds. The summed E-state index contributed by atoms with van der Waals surface area (Å²) in [4.78, 5) is 15.9. The molecule has 0 saturated carbocycles. The fourth-order valence-corrected chi connectivity index (χ4v) is 10.0. The van der Waals surface area contributed by atoms with Gasteiger partial charge in [-0.2, -0.15) is 35.5 Å². The number of carboxylic acid groups (broad SMARTS) is 1. The molecule has 0 aliphatic rings. The number of carboxylic acids is 1. The predicted molar refractivity (Wildman–Crippen MR) is 238 cm³/mol. The SMILES string of the molecule is Cc1cc(N=Nc2c(N)c(N=Nc3cc(C)c(S(=O)(=O)CCOS(=O)(=O)O)cc3CO)c(C(=O)O)c(N=Nc3cc(NOC=N)ccc3S(=O)(=O)O)c2N)c(CO)cc1S(=O)(=O)CCOS(=O)(=O)O. The number of aliphatic hydroxyl groups is 2. The number of nitrogen functional groups attached to an aromatic ring is 2. The topological polar surface area (TPSA) is 499 Å². The lowest BCUT2D eigenvalue weighted by Gasteiger charge is -2.14. The average molecular weight is 1070 g/mol. The first-order chi connectivity index (χ1) is 31.9. The maximum absolute atomic E-state index is 13.1. The first-order valence-electron chi connectivity index (χ1n) is 18.4. The fourth-order valence-electron chi connectivity index (χ4n) is 5.81. The number of azo groups is 3. The quantitative estimate of drug-likeness (QED) is 0.0126. The van der Waals surface area contributed by atoms with Crippen LogP contribution in [0.3, 0.4) is 0 Å². The lowest BCUT2D eigenvalue weighted by Crippen LogP contribution is -2.16. The molecule has 0 unspecified atom stereocenters. The Labute approximate surface area is 391 Å². The molecule has 0 aliphatic carbocycles. The highest BCUT2D eigenvalue weighted by atomic mass is 32.3. The van der Waals surface area contributed by atoms with Crippen molar-refractivity contribution in [1.29, 1.82) is 5.41 Å². The van der Waals surface area contributed by atoms with Crippen molar-refractivity contribution in [1.82, 2.24) is 0 Å². The minimum absolute atomic E-state index is 0.0447. The molecule has 0 aliphatic heterocycles. The third-order valence-corrected chi connectivity index (χ3v) is 14.3. The summed E-state index contributed by atoms with van der Waals surface area (Å²) in [7, 11) is -23.8.